The highest BCUT2D eigenvalue weighted by atomic mass is 16.6. The molecule has 0 saturated heterocycles. The number of fused-ring (bicyclic) bond motifs is 1. The first-order valence-corrected chi connectivity index (χ1v) is 11.3. The lowest BCUT2D eigenvalue weighted by molar-refractivity contribution is -0.384. The lowest BCUT2D eigenvalue weighted by Gasteiger charge is -2.29. The number of anilines is 2. The summed E-state index contributed by atoms with van der Waals surface area (Å²) in [5.41, 5.74) is 1.67. The van der Waals surface area contributed by atoms with Crippen molar-refractivity contribution in [3.63, 3.8) is 0 Å². The van der Waals surface area contributed by atoms with E-state index in [0.717, 1.165) is 48.0 Å². The van der Waals surface area contributed by atoms with E-state index in [1.165, 1.54) is 18.2 Å². The Balaban J connectivity index is 1.29. The fourth-order valence-electron chi connectivity index (χ4n) is 4.16. The number of amides is 1. The summed E-state index contributed by atoms with van der Waals surface area (Å²) >= 11 is 0. The van der Waals surface area contributed by atoms with E-state index in [2.05, 4.69) is 15.6 Å². The van der Waals surface area contributed by atoms with E-state index >= 15 is 0 Å². The van der Waals surface area contributed by atoms with Gasteiger partial charge in [0.1, 0.15) is 5.82 Å². The number of hydrogen-bond acceptors (Lipinski definition) is 7. The van der Waals surface area contributed by atoms with Crippen LogP contribution in [0.15, 0.2) is 54.6 Å². The number of carbonyl (C=O) groups is 1. The second-order valence-corrected chi connectivity index (χ2v) is 8.67. The molecule has 2 N–H and O–H groups in total. The van der Waals surface area contributed by atoms with Crippen molar-refractivity contribution in [1.29, 1.82) is 0 Å². The van der Waals surface area contributed by atoms with Crippen molar-refractivity contribution in [2.75, 3.05) is 24.3 Å². The minimum atomic E-state index is -0.446. The van der Waals surface area contributed by atoms with E-state index < -0.39 is 4.92 Å². The third kappa shape index (κ3) is 5.67. The van der Waals surface area contributed by atoms with Gasteiger partial charge in [-0.25, -0.2) is 4.98 Å². The van der Waals surface area contributed by atoms with Gasteiger partial charge in [-0.1, -0.05) is 12.1 Å². The number of hydrogen-bond donors (Lipinski definition) is 2. The number of nitro groups is 1. The summed E-state index contributed by atoms with van der Waals surface area (Å²) < 4.78 is 0. The first-order chi connectivity index (χ1) is 16.4. The van der Waals surface area contributed by atoms with Gasteiger partial charge in [-0.15, -0.1) is 0 Å². The van der Waals surface area contributed by atoms with Gasteiger partial charge in [-0.3, -0.25) is 14.9 Å². The second kappa shape index (κ2) is 10.3. The Morgan fingerprint density at radius 3 is 2.38 bits per heavy atom. The summed E-state index contributed by atoms with van der Waals surface area (Å²) in [6, 6.07) is 14.4. The van der Waals surface area contributed by atoms with Crippen LogP contribution in [0.2, 0.25) is 0 Å². The molecule has 0 spiro atoms. The molecule has 3 aromatic rings. The normalized spacial score (nSPS) is 18.1. The number of rotatable bonds is 7. The molecule has 1 aromatic heterocycles. The van der Waals surface area contributed by atoms with Gasteiger partial charge in [-0.05, 0) is 61.6 Å². The Labute approximate surface area is 198 Å². The van der Waals surface area contributed by atoms with Crippen LogP contribution in [0.4, 0.5) is 17.5 Å². The van der Waals surface area contributed by atoms with E-state index in [0.29, 0.717) is 5.95 Å². The number of non-ortho nitro benzene ring substituents is 1. The SMILES string of the molecule is CN(C)c1nc(NC2CCC(NC(=O)C=Cc3ccc([N+](=O)[O-])cc3)CC2)nc2ccccc12. The third-order valence-electron chi connectivity index (χ3n) is 5.94. The molecule has 0 atom stereocenters. The zero-order valence-corrected chi connectivity index (χ0v) is 19.3. The number of nitrogens with one attached hydrogen (secondary N) is 2. The van der Waals surface area contributed by atoms with E-state index in [1.54, 1.807) is 18.2 Å². The van der Waals surface area contributed by atoms with Crippen molar-refractivity contribution in [3.05, 3.63) is 70.3 Å². The molecule has 0 radical (unpaired) electrons. The molecule has 9 nitrogen and oxygen atoms in total. The highest BCUT2D eigenvalue weighted by molar-refractivity contribution is 5.92. The lowest BCUT2D eigenvalue weighted by atomic mass is 9.91. The number of nitro benzene ring substituents is 1. The van der Waals surface area contributed by atoms with Crippen LogP contribution >= 0.6 is 0 Å². The zero-order chi connectivity index (χ0) is 24.1. The van der Waals surface area contributed by atoms with Gasteiger partial charge >= 0.3 is 0 Å². The summed E-state index contributed by atoms with van der Waals surface area (Å²) in [7, 11) is 3.95. The molecule has 4 rings (SSSR count). The van der Waals surface area contributed by atoms with Crippen molar-refractivity contribution in [2.45, 2.75) is 37.8 Å². The Morgan fingerprint density at radius 1 is 1.03 bits per heavy atom. The van der Waals surface area contributed by atoms with Gasteiger partial charge in [0.05, 0.1) is 10.4 Å². The summed E-state index contributed by atoms with van der Waals surface area (Å²) in [6.07, 6.45) is 6.67. The Morgan fingerprint density at radius 2 is 1.71 bits per heavy atom. The van der Waals surface area contributed by atoms with Crippen LogP contribution in [0, 0.1) is 10.1 Å². The fraction of sp³-hybridized carbons (Fsp3) is 0.320. The van der Waals surface area contributed by atoms with Crippen molar-refractivity contribution in [1.82, 2.24) is 15.3 Å². The summed E-state index contributed by atoms with van der Waals surface area (Å²) in [5.74, 6) is 1.35. The number of nitrogens with zero attached hydrogens (tertiary/aromatic N) is 4. The summed E-state index contributed by atoms with van der Waals surface area (Å²) in [4.78, 5) is 34.0. The van der Waals surface area contributed by atoms with Crippen molar-refractivity contribution in [3.8, 4) is 0 Å². The zero-order valence-electron chi connectivity index (χ0n) is 19.3. The number of para-hydroxylation sites is 1. The Hall–Kier alpha value is -4.01. The van der Waals surface area contributed by atoms with Crippen molar-refractivity contribution >= 4 is 40.3 Å². The van der Waals surface area contributed by atoms with Crippen molar-refractivity contribution in [2.24, 2.45) is 0 Å². The topological polar surface area (TPSA) is 113 Å². The molecule has 1 aliphatic rings. The molecule has 9 heteroatoms. The molecule has 176 valence electrons. The number of carbonyl (C=O) groups excluding carboxylic acids is 1. The maximum Gasteiger partial charge on any atom is 0.269 e. The Kier molecular flexibility index (Phi) is 7.01. The largest absolute Gasteiger partial charge is 0.362 e. The monoisotopic (exact) mass is 460 g/mol. The van der Waals surface area contributed by atoms with Crippen LogP contribution in [0.3, 0.4) is 0 Å². The van der Waals surface area contributed by atoms with Crippen LogP contribution in [0.5, 0.6) is 0 Å². The first kappa shape index (κ1) is 23.2. The molecule has 1 amide bonds. The molecule has 0 bridgehead atoms. The number of benzene rings is 2. The molecule has 1 saturated carbocycles. The van der Waals surface area contributed by atoms with Crippen LogP contribution in [-0.4, -0.2) is 47.0 Å². The molecule has 0 unspecified atom stereocenters. The summed E-state index contributed by atoms with van der Waals surface area (Å²) in [5, 5.41) is 18.3. The van der Waals surface area contributed by atoms with Gasteiger partial charge in [0.25, 0.3) is 5.69 Å². The van der Waals surface area contributed by atoms with E-state index in [1.807, 2.05) is 43.3 Å². The summed E-state index contributed by atoms with van der Waals surface area (Å²) in [6.45, 7) is 0. The van der Waals surface area contributed by atoms with Crippen LogP contribution in [0.25, 0.3) is 17.0 Å². The highest BCUT2D eigenvalue weighted by Crippen LogP contribution is 2.26. The van der Waals surface area contributed by atoms with E-state index in [-0.39, 0.29) is 23.7 Å². The average molecular weight is 461 g/mol. The van der Waals surface area contributed by atoms with Gasteiger partial charge in [0.2, 0.25) is 11.9 Å². The fourth-order valence-corrected chi connectivity index (χ4v) is 4.16. The number of aromatic nitrogens is 2. The third-order valence-corrected chi connectivity index (χ3v) is 5.94. The molecule has 1 heterocycles. The standard InChI is InChI=1S/C25H28N6O3/c1-30(2)24-21-5-3-4-6-22(21)28-25(29-24)27-19-12-10-18(11-13-19)26-23(32)16-9-17-7-14-20(15-8-17)31(33)34/h3-9,14-16,18-19H,10-13H2,1-2H3,(H,26,32)(H,27,28,29). The minimum absolute atomic E-state index is 0.0269. The predicted molar refractivity (Wildman–Crippen MR) is 134 cm³/mol. The van der Waals surface area contributed by atoms with Crippen LogP contribution in [-0.2, 0) is 4.79 Å². The smallest absolute Gasteiger partial charge is 0.269 e. The second-order valence-electron chi connectivity index (χ2n) is 8.67. The van der Waals surface area contributed by atoms with Gasteiger partial charge in [-0.2, -0.15) is 4.98 Å². The van der Waals surface area contributed by atoms with Crippen LogP contribution < -0.4 is 15.5 Å². The lowest BCUT2D eigenvalue weighted by Crippen LogP contribution is -2.39. The van der Waals surface area contributed by atoms with Gasteiger partial charge in [0, 0.05) is 49.8 Å². The Bertz CT molecular complexity index is 1200. The van der Waals surface area contributed by atoms with Gasteiger partial charge < -0.3 is 15.5 Å². The molecule has 1 fully saturated rings. The molecular weight excluding hydrogens is 432 g/mol. The molecular formula is C25H28N6O3. The van der Waals surface area contributed by atoms with E-state index in [4.69, 9.17) is 4.98 Å². The van der Waals surface area contributed by atoms with Gasteiger partial charge in [0.15, 0.2) is 0 Å². The molecule has 0 aliphatic heterocycles. The average Bonchev–Trinajstić information content (AvgIpc) is 2.83. The quantitative estimate of drug-likeness (QED) is 0.309. The highest BCUT2D eigenvalue weighted by Gasteiger charge is 2.23. The van der Waals surface area contributed by atoms with E-state index in [9.17, 15) is 14.9 Å². The molecule has 1 aliphatic carbocycles. The molecule has 2 aromatic carbocycles. The first-order valence-electron chi connectivity index (χ1n) is 11.3. The maximum absolute atomic E-state index is 12.3. The minimum Gasteiger partial charge on any atom is -0.362 e. The molecule has 34 heavy (non-hydrogen) atoms. The predicted octanol–water partition coefficient (Wildman–Crippen LogP) is 4.16. The maximum atomic E-state index is 12.3. The van der Waals surface area contributed by atoms with Crippen molar-refractivity contribution < 1.29 is 9.72 Å². The van der Waals surface area contributed by atoms with Crippen LogP contribution in [0.1, 0.15) is 31.2 Å².